The fourth-order valence-corrected chi connectivity index (χ4v) is 2.54. The molecule has 0 amide bonds. The molecule has 0 saturated carbocycles. The molecule has 0 heterocycles. The van der Waals surface area contributed by atoms with Crippen molar-refractivity contribution in [1.29, 1.82) is 0 Å². The molecule has 2 N–H and O–H groups in total. The lowest BCUT2D eigenvalue weighted by Crippen LogP contribution is -2.19. The molecule has 0 aromatic heterocycles. The van der Waals surface area contributed by atoms with Gasteiger partial charge in [-0.2, -0.15) is 0 Å². The number of carboxylic acid groups (broad SMARTS) is 1. The highest BCUT2D eigenvalue weighted by Crippen LogP contribution is 2.35. The Balaban J connectivity index is 3.11. The van der Waals surface area contributed by atoms with E-state index in [1.807, 2.05) is 6.92 Å². The van der Waals surface area contributed by atoms with Crippen molar-refractivity contribution in [2.24, 2.45) is 0 Å². The van der Waals surface area contributed by atoms with Crippen LogP contribution in [0.4, 0.5) is 0 Å². The van der Waals surface area contributed by atoms with Crippen LogP contribution in [0.25, 0.3) is 0 Å². The van der Waals surface area contributed by atoms with Crippen LogP contribution >= 0.6 is 0 Å². The first-order chi connectivity index (χ1) is 8.79. The van der Waals surface area contributed by atoms with Gasteiger partial charge in [0, 0.05) is 0 Å². The van der Waals surface area contributed by atoms with Gasteiger partial charge in [0.1, 0.15) is 11.3 Å². The first-order valence-electron chi connectivity index (χ1n) is 6.87. The molecule has 106 valence electrons. The van der Waals surface area contributed by atoms with E-state index in [4.69, 9.17) is 5.11 Å². The summed E-state index contributed by atoms with van der Waals surface area (Å²) in [7, 11) is 0. The monoisotopic (exact) mass is 264 g/mol. The lowest BCUT2D eigenvalue weighted by atomic mass is 9.77. The van der Waals surface area contributed by atoms with Crippen molar-refractivity contribution in [3.8, 4) is 5.75 Å². The maximum absolute atomic E-state index is 11.1. The second-order valence-electron chi connectivity index (χ2n) is 5.83. The van der Waals surface area contributed by atoms with Gasteiger partial charge in [-0.25, -0.2) is 4.79 Å². The first kappa shape index (κ1) is 15.5. The smallest absolute Gasteiger partial charge is 0.339 e. The highest BCUT2D eigenvalue weighted by atomic mass is 16.4. The van der Waals surface area contributed by atoms with Gasteiger partial charge in [0.05, 0.1) is 0 Å². The first-order valence-corrected chi connectivity index (χ1v) is 6.87. The van der Waals surface area contributed by atoms with E-state index < -0.39 is 5.97 Å². The van der Waals surface area contributed by atoms with Gasteiger partial charge in [-0.1, -0.05) is 40.0 Å². The van der Waals surface area contributed by atoms with Crippen molar-refractivity contribution < 1.29 is 15.0 Å². The van der Waals surface area contributed by atoms with Crippen molar-refractivity contribution in [2.75, 3.05) is 0 Å². The quantitative estimate of drug-likeness (QED) is 0.755. The van der Waals surface area contributed by atoms with E-state index in [0.29, 0.717) is 0 Å². The SMILES string of the molecule is CCCCCC(C)(C)c1cc(C(=O)O)c(O)cc1C. The van der Waals surface area contributed by atoms with Gasteiger partial charge in [-0.05, 0) is 42.0 Å². The van der Waals surface area contributed by atoms with Gasteiger partial charge in [0.25, 0.3) is 0 Å². The lowest BCUT2D eigenvalue weighted by Gasteiger charge is -2.28. The number of unbranched alkanes of at least 4 members (excludes halogenated alkanes) is 2. The number of carboxylic acids is 1. The number of hydrogen-bond acceptors (Lipinski definition) is 2. The highest BCUT2D eigenvalue weighted by Gasteiger charge is 2.24. The van der Waals surface area contributed by atoms with E-state index in [9.17, 15) is 9.90 Å². The van der Waals surface area contributed by atoms with Gasteiger partial charge in [-0.15, -0.1) is 0 Å². The van der Waals surface area contributed by atoms with Crippen molar-refractivity contribution in [1.82, 2.24) is 0 Å². The number of rotatable bonds is 6. The van der Waals surface area contributed by atoms with Gasteiger partial charge >= 0.3 is 5.97 Å². The van der Waals surface area contributed by atoms with E-state index in [-0.39, 0.29) is 16.7 Å². The molecule has 19 heavy (non-hydrogen) atoms. The zero-order valence-electron chi connectivity index (χ0n) is 12.3. The number of aromatic hydroxyl groups is 1. The van der Waals surface area contributed by atoms with Crippen LogP contribution in [0.1, 0.15) is 67.9 Å². The van der Waals surface area contributed by atoms with Crippen LogP contribution in [0.3, 0.4) is 0 Å². The van der Waals surface area contributed by atoms with E-state index in [2.05, 4.69) is 20.8 Å². The molecule has 0 atom stereocenters. The van der Waals surface area contributed by atoms with Crippen LogP contribution in [0.5, 0.6) is 5.75 Å². The Morgan fingerprint density at radius 2 is 1.89 bits per heavy atom. The van der Waals surface area contributed by atoms with E-state index in [1.54, 1.807) is 12.1 Å². The molecule has 0 aliphatic carbocycles. The Labute approximate surface area is 115 Å². The standard InChI is InChI=1S/C16H24O3/c1-5-6-7-8-16(3,4)13-10-12(15(18)19)14(17)9-11(13)2/h9-10,17H,5-8H2,1-4H3,(H,18,19). The molecule has 1 rings (SSSR count). The predicted octanol–water partition coefficient (Wildman–Crippen LogP) is 4.26. The molecule has 0 radical (unpaired) electrons. The number of phenols is 1. The number of carbonyl (C=O) groups is 1. The predicted molar refractivity (Wildman–Crippen MR) is 77.0 cm³/mol. The molecule has 0 fully saturated rings. The summed E-state index contributed by atoms with van der Waals surface area (Å²) in [6, 6.07) is 3.18. The average Bonchev–Trinajstić information content (AvgIpc) is 2.28. The van der Waals surface area contributed by atoms with Crippen LogP contribution in [-0.4, -0.2) is 16.2 Å². The van der Waals surface area contributed by atoms with Gasteiger partial charge in [0.2, 0.25) is 0 Å². The molecule has 0 saturated heterocycles. The summed E-state index contributed by atoms with van der Waals surface area (Å²) < 4.78 is 0. The number of hydrogen-bond donors (Lipinski definition) is 2. The fourth-order valence-electron chi connectivity index (χ4n) is 2.54. The van der Waals surface area contributed by atoms with Crippen LogP contribution < -0.4 is 0 Å². The Bertz CT molecular complexity index is 461. The summed E-state index contributed by atoms with van der Waals surface area (Å²) in [6.45, 7) is 8.35. The molecular formula is C16H24O3. The van der Waals surface area contributed by atoms with Gasteiger partial charge < -0.3 is 10.2 Å². The number of aromatic carboxylic acids is 1. The summed E-state index contributed by atoms with van der Waals surface area (Å²) in [5.74, 6) is -1.23. The minimum Gasteiger partial charge on any atom is -0.507 e. The lowest BCUT2D eigenvalue weighted by molar-refractivity contribution is 0.0693. The van der Waals surface area contributed by atoms with E-state index >= 15 is 0 Å². The molecule has 3 nitrogen and oxygen atoms in total. The maximum Gasteiger partial charge on any atom is 0.339 e. The summed E-state index contributed by atoms with van der Waals surface area (Å²) in [5.41, 5.74) is 1.88. The minimum atomic E-state index is -1.08. The molecule has 0 bridgehead atoms. The Morgan fingerprint density at radius 3 is 2.42 bits per heavy atom. The van der Waals surface area contributed by atoms with E-state index in [1.165, 1.54) is 12.8 Å². The van der Waals surface area contributed by atoms with E-state index in [0.717, 1.165) is 24.0 Å². The summed E-state index contributed by atoms with van der Waals surface area (Å²) >= 11 is 0. The Hall–Kier alpha value is -1.51. The summed E-state index contributed by atoms with van der Waals surface area (Å²) in [6.07, 6.45) is 4.51. The fraction of sp³-hybridized carbons (Fsp3) is 0.562. The molecule has 3 heteroatoms. The van der Waals surface area contributed by atoms with Crippen LogP contribution in [0, 0.1) is 6.92 Å². The summed E-state index contributed by atoms with van der Waals surface area (Å²) in [5, 5.41) is 18.8. The maximum atomic E-state index is 11.1. The third kappa shape index (κ3) is 3.72. The number of benzene rings is 1. The second kappa shape index (κ2) is 6.09. The van der Waals surface area contributed by atoms with Crippen LogP contribution in [0.15, 0.2) is 12.1 Å². The molecule has 0 unspecified atom stereocenters. The van der Waals surface area contributed by atoms with Gasteiger partial charge in [0.15, 0.2) is 0 Å². The molecule has 1 aromatic carbocycles. The molecule has 0 aliphatic rings. The van der Waals surface area contributed by atoms with Crippen molar-refractivity contribution in [3.05, 3.63) is 28.8 Å². The van der Waals surface area contributed by atoms with Gasteiger partial charge in [-0.3, -0.25) is 0 Å². The van der Waals surface area contributed by atoms with Crippen molar-refractivity contribution in [3.63, 3.8) is 0 Å². The Morgan fingerprint density at radius 1 is 1.26 bits per heavy atom. The zero-order valence-corrected chi connectivity index (χ0v) is 12.3. The molecule has 0 spiro atoms. The highest BCUT2D eigenvalue weighted by molar-refractivity contribution is 5.91. The normalized spacial score (nSPS) is 11.6. The largest absolute Gasteiger partial charge is 0.507 e. The summed E-state index contributed by atoms with van der Waals surface area (Å²) in [4.78, 5) is 11.1. The topological polar surface area (TPSA) is 57.5 Å². The molecule has 1 aromatic rings. The third-order valence-electron chi connectivity index (χ3n) is 3.71. The van der Waals surface area contributed by atoms with Crippen molar-refractivity contribution in [2.45, 2.75) is 58.8 Å². The second-order valence-corrected chi connectivity index (χ2v) is 5.83. The molecular weight excluding hydrogens is 240 g/mol. The van der Waals surface area contributed by atoms with Crippen LogP contribution in [-0.2, 0) is 5.41 Å². The average molecular weight is 264 g/mol. The van der Waals surface area contributed by atoms with Crippen molar-refractivity contribution >= 4 is 5.97 Å². The minimum absolute atomic E-state index is 0.0100. The molecule has 0 aliphatic heterocycles. The Kier molecular flexibility index (Phi) is 4.98. The third-order valence-corrected chi connectivity index (χ3v) is 3.71. The van der Waals surface area contributed by atoms with Crippen LogP contribution in [0.2, 0.25) is 0 Å². The zero-order chi connectivity index (χ0) is 14.6. The number of aryl methyl sites for hydroxylation is 1.